The second-order valence-electron chi connectivity index (χ2n) is 5.29. The molecule has 1 aromatic heterocycles. The van der Waals surface area contributed by atoms with Crippen molar-refractivity contribution in [2.45, 2.75) is 29.1 Å². The Morgan fingerprint density at radius 1 is 1.21 bits per heavy atom. The highest BCUT2D eigenvalue weighted by Gasteiger charge is 2.21. The highest BCUT2D eigenvalue weighted by atomic mass is 79.9. The zero-order valence-corrected chi connectivity index (χ0v) is 17.0. The Kier molecular flexibility index (Phi) is 5.84. The molecule has 0 saturated carbocycles. The minimum Gasteiger partial charge on any atom is -0.482 e. The van der Waals surface area contributed by atoms with Crippen LogP contribution < -0.4 is 4.74 Å². The normalized spacial score (nSPS) is 12.8. The molecule has 4 nitrogen and oxygen atoms in total. The quantitative estimate of drug-likeness (QED) is 0.462. The predicted octanol–water partition coefficient (Wildman–Crippen LogP) is 4.80. The molecule has 1 aliphatic carbocycles. The van der Waals surface area contributed by atoms with Crippen LogP contribution in [0.1, 0.15) is 17.5 Å². The Balaban J connectivity index is 1.85. The Morgan fingerprint density at radius 3 is 2.62 bits per heavy atom. The molecule has 0 aliphatic heterocycles. The van der Waals surface area contributed by atoms with Gasteiger partial charge in [-0.25, -0.2) is 9.78 Å². The molecule has 0 amide bonds. The van der Waals surface area contributed by atoms with Gasteiger partial charge in [-0.05, 0) is 86.5 Å². The molecule has 1 heterocycles. The first-order valence-corrected chi connectivity index (χ1v) is 9.82. The van der Waals surface area contributed by atoms with E-state index in [2.05, 4.69) is 47.6 Å². The minimum atomic E-state index is -0.369. The zero-order valence-electron chi connectivity index (χ0n) is 13.0. The van der Waals surface area contributed by atoms with Gasteiger partial charge in [0.2, 0.25) is 0 Å². The lowest BCUT2D eigenvalue weighted by molar-refractivity contribution is -0.142. The Hall–Kier alpha value is -1.05. The number of methoxy groups -OCH3 is 1. The van der Waals surface area contributed by atoms with E-state index in [9.17, 15) is 4.79 Å². The number of carbonyl (C=O) groups excluding carboxylic acids is 1. The maximum absolute atomic E-state index is 11.3. The summed E-state index contributed by atoms with van der Waals surface area (Å²) in [5.41, 5.74) is 2.52. The number of rotatable bonds is 5. The average Bonchev–Trinajstić information content (AvgIpc) is 3.03. The summed E-state index contributed by atoms with van der Waals surface area (Å²) >= 11 is 8.56. The van der Waals surface area contributed by atoms with E-state index in [-0.39, 0.29) is 12.6 Å². The summed E-state index contributed by atoms with van der Waals surface area (Å²) in [5.74, 6) is 0.418. The van der Waals surface area contributed by atoms with Gasteiger partial charge in [-0.1, -0.05) is 11.8 Å². The van der Waals surface area contributed by atoms with Crippen LogP contribution >= 0.6 is 43.6 Å². The average molecular weight is 473 g/mol. The van der Waals surface area contributed by atoms with Crippen molar-refractivity contribution in [1.82, 2.24) is 4.98 Å². The SMILES string of the molecule is COC(=O)COc1ccc(Sc2cc(Br)nc(Br)c2)c2c1CCC2. The first-order chi connectivity index (χ1) is 11.6. The summed E-state index contributed by atoms with van der Waals surface area (Å²) in [6.07, 6.45) is 3.11. The van der Waals surface area contributed by atoms with Crippen LogP contribution in [0.25, 0.3) is 0 Å². The standard InChI is InChI=1S/C17H15Br2NO3S/c1-22-17(21)9-23-13-5-6-14(12-4-2-3-11(12)13)24-10-7-15(18)20-16(19)8-10/h5-8H,2-4,9H2,1H3. The second-order valence-corrected chi connectivity index (χ2v) is 8.03. The minimum absolute atomic E-state index is 0.0559. The van der Waals surface area contributed by atoms with Gasteiger partial charge in [0.05, 0.1) is 7.11 Å². The summed E-state index contributed by atoms with van der Waals surface area (Å²) in [4.78, 5) is 17.9. The van der Waals surface area contributed by atoms with Crippen molar-refractivity contribution < 1.29 is 14.3 Å². The molecule has 0 saturated heterocycles. The molecule has 2 aromatic rings. The van der Waals surface area contributed by atoms with Crippen LogP contribution in [0.5, 0.6) is 5.75 Å². The van der Waals surface area contributed by atoms with Gasteiger partial charge in [-0.2, -0.15) is 0 Å². The van der Waals surface area contributed by atoms with E-state index in [0.29, 0.717) is 0 Å². The molecule has 7 heteroatoms. The number of halogens is 2. The molecule has 0 fully saturated rings. The molecule has 24 heavy (non-hydrogen) atoms. The van der Waals surface area contributed by atoms with Crippen LogP contribution in [0.15, 0.2) is 43.3 Å². The van der Waals surface area contributed by atoms with Crippen LogP contribution in [0.3, 0.4) is 0 Å². The first kappa shape index (κ1) is 17.8. The summed E-state index contributed by atoms with van der Waals surface area (Å²) in [6, 6.07) is 8.00. The molecule has 1 aromatic carbocycles. The number of carbonyl (C=O) groups is 1. The Bertz CT molecular complexity index is 762. The lowest BCUT2D eigenvalue weighted by Gasteiger charge is -2.13. The van der Waals surface area contributed by atoms with Crippen LogP contribution in [-0.4, -0.2) is 24.7 Å². The fourth-order valence-corrected chi connectivity index (χ4v) is 5.19. The number of nitrogens with zero attached hydrogens (tertiary/aromatic N) is 1. The molecular weight excluding hydrogens is 458 g/mol. The van der Waals surface area contributed by atoms with E-state index in [4.69, 9.17) is 4.74 Å². The van der Waals surface area contributed by atoms with Crippen LogP contribution in [0.2, 0.25) is 0 Å². The van der Waals surface area contributed by atoms with Gasteiger partial charge in [0.25, 0.3) is 0 Å². The van der Waals surface area contributed by atoms with Crippen molar-refractivity contribution >= 4 is 49.6 Å². The van der Waals surface area contributed by atoms with Gasteiger partial charge in [0.15, 0.2) is 6.61 Å². The smallest absolute Gasteiger partial charge is 0.343 e. The first-order valence-electron chi connectivity index (χ1n) is 7.42. The largest absolute Gasteiger partial charge is 0.482 e. The molecule has 0 N–H and O–H groups in total. The van der Waals surface area contributed by atoms with Crippen molar-refractivity contribution in [3.05, 3.63) is 44.6 Å². The summed E-state index contributed by atoms with van der Waals surface area (Å²) in [5, 5.41) is 0. The highest BCUT2D eigenvalue weighted by Crippen LogP contribution is 2.41. The summed E-state index contributed by atoms with van der Waals surface area (Å²) < 4.78 is 11.9. The van der Waals surface area contributed by atoms with Gasteiger partial charge >= 0.3 is 5.97 Å². The number of hydrogen-bond acceptors (Lipinski definition) is 5. The third-order valence-electron chi connectivity index (χ3n) is 3.74. The van der Waals surface area contributed by atoms with Crippen LogP contribution in [-0.2, 0) is 22.4 Å². The number of ether oxygens (including phenoxy) is 2. The lowest BCUT2D eigenvalue weighted by Crippen LogP contribution is -2.13. The third-order valence-corrected chi connectivity index (χ3v) is 5.62. The van der Waals surface area contributed by atoms with E-state index >= 15 is 0 Å². The topological polar surface area (TPSA) is 48.4 Å². The van der Waals surface area contributed by atoms with E-state index in [1.807, 2.05) is 18.2 Å². The molecular formula is C17H15Br2NO3S. The number of aromatic nitrogens is 1. The van der Waals surface area contributed by atoms with Gasteiger partial charge in [0.1, 0.15) is 15.0 Å². The van der Waals surface area contributed by atoms with E-state index in [1.165, 1.54) is 23.1 Å². The number of hydrogen-bond donors (Lipinski definition) is 0. The molecule has 1 aliphatic rings. The number of fused-ring (bicyclic) bond motifs is 1. The van der Waals surface area contributed by atoms with Crippen molar-refractivity contribution in [2.75, 3.05) is 13.7 Å². The van der Waals surface area contributed by atoms with Gasteiger partial charge in [-0.15, -0.1) is 0 Å². The molecule has 3 rings (SSSR count). The summed E-state index contributed by atoms with van der Waals surface area (Å²) in [6.45, 7) is -0.0559. The third kappa shape index (κ3) is 4.13. The zero-order chi connectivity index (χ0) is 17.1. The van der Waals surface area contributed by atoms with E-state index < -0.39 is 0 Å². The molecule has 0 bridgehead atoms. The molecule has 0 atom stereocenters. The van der Waals surface area contributed by atoms with Gasteiger partial charge < -0.3 is 9.47 Å². The maximum Gasteiger partial charge on any atom is 0.343 e. The monoisotopic (exact) mass is 471 g/mol. The molecule has 126 valence electrons. The van der Waals surface area contributed by atoms with Crippen molar-refractivity contribution in [3.8, 4) is 5.75 Å². The van der Waals surface area contributed by atoms with Crippen LogP contribution in [0, 0.1) is 0 Å². The van der Waals surface area contributed by atoms with E-state index in [1.54, 1.807) is 11.8 Å². The van der Waals surface area contributed by atoms with Gasteiger partial charge in [0, 0.05) is 9.79 Å². The highest BCUT2D eigenvalue weighted by molar-refractivity contribution is 9.11. The summed E-state index contributed by atoms with van der Waals surface area (Å²) in [7, 11) is 1.36. The van der Waals surface area contributed by atoms with Crippen molar-refractivity contribution in [1.29, 1.82) is 0 Å². The maximum atomic E-state index is 11.3. The van der Waals surface area contributed by atoms with Crippen LogP contribution in [0.4, 0.5) is 0 Å². The molecule has 0 spiro atoms. The van der Waals surface area contributed by atoms with Crippen molar-refractivity contribution in [3.63, 3.8) is 0 Å². The van der Waals surface area contributed by atoms with Crippen molar-refractivity contribution in [2.24, 2.45) is 0 Å². The van der Waals surface area contributed by atoms with E-state index in [0.717, 1.165) is 39.1 Å². The fourth-order valence-electron chi connectivity index (χ4n) is 2.70. The van der Waals surface area contributed by atoms with Gasteiger partial charge in [-0.3, -0.25) is 0 Å². The Labute approximate surface area is 161 Å². The fraction of sp³-hybridized carbons (Fsp3) is 0.294. The molecule has 0 radical (unpaired) electrons. The second kappa shape index (κ2) is 7.89. The Morgan fingerprint density at radius 2 is 1.92 bits per heavy atom. The molecule has 0 unspecified atom stereocenters. The number of benzene rings is 1. The number of pyridine rings is 1. The lowest BCUT2D eigenvalue weighted by atomic mass is 10.1. The predicted molar refractivity (Wildman–Crippen MR) is 99.7 cm³/mol. The number of esters is 1.